The summed E-state index contributed by atoms with van der Waals surface area (Å²) < 4.78 is 5.09. The number of benzene rings is 2. The zero-order chi connectivity index (χ0) is 17.5. The Balaban J connectivity index is 1.95. The molecule has 124 valence electrons. The molecule has 2 aromatic carbocycles. The molecule has 0 saturated carbocycles. The highest BCUT2D eigenvalue weighted by Gasteiger charge is 2.13. The van der Waals surface area contributed by atoms with Crippen LogP contribution in [0.5, 0.6) is 5.75 Å². The number of methoxy groups -OCH3 is 1. The van der Waals surface area contributed by atoms with Gasteiger partial charge >= 0.3 is 11.8 Å². The van der Waals surface area contributed by atoms with Crippen molar-refractivity contribution in [3.63, 3.8) is 0 Å². The van der Waals surface area contributed by atoms with Crippen molar-refractivity contribution in [1.82, 2.24) is 5.43 Å². The maximum absolute atomic E-state index is 11.9. The molecule has 0 aromatic heterocycles. The fourth-order valence-electron chi connectivity index (χ4n) is 1.99. The summed E-state index contributed by atoms with van der Waals surface area (Å²) in [5.74, 6) is -0.931. The van der Waals surface area contributed by atoms with Gasteiger partial charge in [-0.05, 0) is 48.7 Å². The average Bonchev–Trinajstić information content (AvgIpc) is 2.58. The summed E-state index contributed by atoms with van der Waals surface area (Å²) in [5, 5.41) is 6.35. The first-order valence-electron chi connectivity index (χ1n) is 7.35. The third-order valence-corrected chi connectivity index (χ3v) is 3.32. The van der Waals surface area contributed by atoms with Crippen LogP contribution in [0.2, 0.25) is 0 Å². The highest BCUT2D eigenvalue weighted by molar-refractivity contribution is 6.39. The van der Waals surface area contributed by atoms with Crippen LogP contribution in [0.15, 0.2) is 47.6 Å². The largest absolute Gasteiger partial charge is 0.497 e. The van der Waals surface area contributed by atoms with Gasteiger partial charge < -0.3 is 10.1 Å². The van der Waals surface area contributed by atoms with Crippen LogP contribution in [0.25, 0.3) is 0 Å². The van der Waals surface area contributed by atoms with E-state index in [9.17, 15) is 9.59 Å². The number of nitrogens with zero attached hydrogens (tertiary/aromatic N) is 1. The van der Waals surface area contributed by atoms with E-state index in [1.54, 1.807) is 37.4 Å². The monoisotopic (exact) mass is 325 g/mol. The van der Waals surface area contributed by atoms with Gasteiger partial charge in [-0.3, -0.25) is 9.59 Å². The van der Waals surface area contributed by atoms with Crippen molar-refractivity contribution in [3.05, 3.63) is 59.2 Å². The number of carbonyl (C=O) groups is 2. The van der Waals surface area contributed by atoms with Crippen molar-refractivity contribution in [3.8, 4) is 5.75 Å². The summed E-state index contributed by atoms with van der Waals surface area (Å²) in [6.07, 6.45) is 1.44. The summed E-state index contributed by atoms with van der Waals surface area (Å²) in [4.78, 5) is 23.7. The van der Waals surface area contributed by atoms with E-state index in [-0.39, 0.29) is 0 Å². The molecule has 0 saturated heterocycles. The first-order chi connectivity index (χ1) is 11.5. The molecule has 0 fully saturated rings. The van der Waals surface area contributed by atoms with E-state index in [4.69, 9.17) is 4.74 Å². The molecule has 6 heteroatoms. The lowest BCUT2D eigenvalue weighted by Crippen LogP contribution is -2.32. The van der Waals surface area contributed by atoms with Crippen LogP contribution in [-0.4, -0.2) is 25.1 Å². The Bertz CT molecular complexity index is 785. The molecule has 2 amide bonds. The lowest BCUT2D eigenvalue weighted by Gasteiger charge is -2.08. The number of hydrogen-bond donors (Lipinski definition) is 2. The fourth-order valence-corrected chi connectivity index (χ4v) is 1.99. The van der Waals surface area contributed by atoms with Gasteiger partial charge in [0.25, 0.3) is 0 Å². The first-order valence-corrected chi connectivity index (χ1v) is 7.35. The maximum atomic E-state index is 11.9. The van der Waals surface area contributed by atoms with Crippen LogP contribution in [0, 0.1) is 13.8 Å². The second-order valence-corrected chi connectivity index (χ2v) is 5.25. The van der Waals surface area contributed by atoms with Gasteiger partial charge in [0.15, 0.2) is 0 Å². The molecular formula is C18H19N3O3. The Morgan fingerprint density at radius 2 is 1.88 bits per heavy atom. The lowest BCUT2D eigenvalue weighted by atomic mass is 10.1. The van der Waals surface area contributed by atoms with Crippen LogP contribution in [0.4, 0.5) is 5.69 Å². The molecule has 2 rings (SSSR count). The van der Waals surface area contributed by atoms with Crippen molar-refractivity contribution in [2.45, 2.75) is 13.8 Å². The van der Waals surface area contributed by atoms with Gasteiger partial charge in [-0.15, -0.1) is 0 Å². The predicted molar refractivity (Wildman–Crippen MR) is 93.3 cm³/mol. The fraction of sp³-hybridized carbons (Fsp3) is 0.167. The Morgan fingerprint density at radius 1 is 1.08 bits per heavy atom. The number of nitrogens with one attached hydrogen (secondary N) is 2. The molecule has 2 N–H and O–H groups in total. The van der Waals surface area contributed by atoms with E-state index in [2.05, 4.69) is 15.8 Å². The first kappa shape index (κ1) is 17.2. The van der Waals surface area contributed by atoms with E-state index in [0.29, 0.717) is 11.4 Å². The zero-order valence-electron chi connectivity index (χ0n) is 13.8. The molecule has 24 heavy (non-hydrogen) atoms. The second kappa shape index (κ2) is 7.92. The number of carbonyl (C=O) groups excluding carboxylic acids is 2. The van der Waals surface area contributed by atoms with Crippen molar-refractivity contribution in [2.75, 3.05) is 12.4 Å². The molecular weight excluding hydrogens is 306 g/mol. The molecule has 0 aliphatic heterocycles. The van der Waals surface area contributed by atoms with Gasteiger partial charge in [-0.1, -0.05) is 24.3 Å². The third-order valence-electron chi connectivity index (χ3n) is 3.32. The van der Waals surface area contributed by atoms with Crippen LogP contribution < -0.4 is 15.5 Å². The maximum Gasteiger partial charge on any atom is 0.329 e. The molecule has 0 aliphatic rings. The smallest absolute Gasteiger partial charge is 0.329 e. The Hall–Kier alpha value is -3.15. The summed E-state index contributed by atoms with van der Waals surface area (Å²) >= 11 is 0. The Kier molecular flexibility index (Phi) is 5.68. The summed E-state index contributed by atoms with van der Waals surface area (Å²) in [7, 11) is 1.57. The number of amides is 2. The van der Waals surface area contributed by atoms with E-state index in [1.165, 1.54) is 6.21 Å². The minimum Gasteiger partial charge on any atom is -0.497 e. The molecule has 0 atom stereocenters. The second-order valence-electron chi connectivity index (χ2n) is 5.25. The van der Waals surface area contributed by atoms with Crippen molar-refractivity contribution >= 4 is 23.7 Å². The van der Waals surface area contributed by atoms with Crippen molar-refractivity contribution < 1.29 is 14.3 Å². The van der Waals surface area contributed by atoms with Gasteiger partial charge in [0.2, 0.25) is 0 Å². The van der Waals surface area contributed by atoms with Crippen LogP contribution in [0.3, 0.4) is 0 Å². The molecule has 0 radical (unpaired) electrons. The van der Waals surface area contributed by atoms with Crippen LogP contribution in [0.1, 0.15) is 16.7 Å². The Morgan fingerprint density at radius 3 is 2.62 bits per heavy atom. The van der Waals surface area contributed by atoms with E-state index in [0.717, 1.165) is 16.7 Å². The molecule has 0 spiro atoms. The minimum atomic E-state index is -0.838. The standard InChI is InChI=1S/C18H19N3O3/c1-12-7-8-13(2)16(9-12)20-17(22)18(23)21-19-11-14-5-4-6-15(10-14)24-3/h4-11H,1-3H3,(H,20,22)(H,21,23)/b19-11-. The molecule has 2 aromatic rings. The van der Waals surface area contributed by atoms with Gasteiger partial charge in [0, 0.05) is 5.69 Å². The SMILES string of the molecule is COc1cccc(/C=N\NC(=O)C(=O)Nc2cc(C)ccc2C)c1. The van der Waals surface area contributed by atoms with Crippen molar-refractivity contribution in [2.24, 2.45) is 5.10 Å². The van der Waals surface area contributed by atoms with E-state index >= 15 is 0 Å². The normalized spacial score (nSPS) is 10.5. The number of anilines is 1. The van der Waals surface area contributed by atoms with Crippen LogP contribution in [-0.2, 0) is 9.59 Å². The summed E-state index contributed by atoms with van der Waals surface area (Å²) in [6.45, 7) is 3.77. The quantitative estimate of drug-likeness (QED) is 0.515. The average molecular weight is 325 g/mol. The predicted octanol–water partition coefficient (Wildman–Crippen LogP) is 2.40. The number of hydrazone groups is 1. The third kappa shape index (κ3) is 4.67. The van der Waals surface area contributed by atoms with E-state index < -0.39 is 11.8 Å². The topological polar surface area (TPSA) is 79.8 Å². The van der Waals surface area contributed by atoms with Gasteiger partial charge in [0.05, 0.1) is 13.3 Å². The van der Waals surface area contributed by atoms with Gasteiger partial charge in [-0.25, -0.2) is 5.43 Å². The molecule has 0 aliphatic carbocycles. The number of aryl methyl sites for hydroxylation is 2. The zero-order valence-corrected chi connectivity index (χ0v) is 13.8. The van der Waals surface area contributed by atoms with Crippen LogP contribution >= 0.6 is 0 Å². The highest BCUT2D eigenvalue weighted by Crippen LogP contribution is 2.16. The van der Waals surface area contributed by atoms with Gasteiger partial charge in [0.1, 0.15) is 5.75 Å². The van der Waals surface area contributed by atoms with Crippen molar-refractivity contribution in [1.29, 1.82) is 0 Å². The Labute approximate surface area is 140 Å². The number of ether oxygens (including phenoxy) is 1. The summed E-state index contributed by atoms with van der Waals surface area (Å²) in [6, 6.07) is 12.8. The summed E-state index contributed by atoms with van der Waals surface area (Å²) in [5.41, 5.74) is 5.41. The lowest BCUT2D eigenvalue weighted by molar-refractivity contribution is -0.136. The molecule has 6 nitrogen and oxygen atoms in total. The molecule has 0 unspecified atom stereocenters. The molecule has 0 heterocycles. The number of rotatable bonds is 4. The van der Waals surface area contributed by atoms with Gasteiger partial charge in [-0.2, -0.15) is 5.10 Å². The highest BCUT2D eigenvalue weighted by atomic mass is 16.5. The molecule has 0 bridgehead atoms. The van der Waals surface area contributed by atoms with E-state index in [1.807, 2.05) is 26.0 Å². The minimum absolute atomic E-state index is 0.604. The number of hydrogen-bond acceptors (Lipinski definition) is 4.